The van der Waals surface area contributed by atoms with Crippen LogP contribution in [0.3, 0.4) is 0 Å². The zero-order valence-corrected chi connectivity index (χ0v) is 7.61. The molecule has 0 saturated heterocycles. The Morgan fingerprint density at radius 1 is 1.54 bits per heavy atom. The number of rotatable bonds is 1. The van der Waals surface area contributed by atoms with E-state index in [4.69, 9.17) is 0 Å². The quantitative estimate of drug-likeness (QED) is 0.595. The van der Waals surface area contributed by atoms with E-state index in [0.29, 0.717) is 0 Å². The van der Waals surface area contributed by atoms with E-state index in [9.17, 15) is 4.79 Å². The van der Waals surface area contributed by atoms with E-state index in [2.05, 4.69) is 15.6 Å². The van der Waals surface area contributed by atoms with Crippen molar-refractivity contribution in [3.8, 4) is 0 Å². The fraction of sp³-hybridized carbons (Fsp3) is 0.444. The Balaban J connectivity index is 2.39. The number of carbonyl (C=O) groups is 1. The third kappa shape index (κ3) is 1.39. The van der Waals surface area contributed by atoms with Gasteiger partial charge in [0.15, 0.2) is 0 Å². The van der Waals surface area contributed by atoms with E-state index in [1.807, 2.05) is 13.1 Å². The summed E-state index contributed by atoms with van der Waals surface area (Å²) in [5.74, 6) is 0.937. The first-order valence-corrected chi connectivity index (χ1v) is 4.49. The molecule has 0 saturated carbocycles. The summed E-state index contributed by atoms with van der Waals surface area (Å²) >= 11 is 0. The summed E-state index contributed by atoms with van der Waals surface area (Å²) in [6.45, 7) is 0.774. The molecule has 0 aliphatic carbocycles. The zero-order chi connectivity index (χ0) is 9.26. The number of hydrogen-bond acceptors (Lipinski definition) is 2. The fourth-order valence-corrected chi connectivity index (χ4v) is 1.59. The van der Waals surface area contributed by atoms with Gasteiger partial charge >= 0.3 is 0 Å². The summed E-state index contributed by atoms with van der Waals surface area (Å²) in [7, 11) is 1.84. The lowest BCUT2D eigenvalue weighted by atomic mass is 10.2. The Morgan fingerprint density at radius 2 is 2.38 bits per heavy atom. The van der Waals surface area contributed by atoms with Gasteiger partial charge in [-0.3, -0.25) is 4.79 Å². The van der Waals surface area contributed by atoms with Gasteiger partial charge in [0.1, 0.15) is 5.82 Å². The Kier molecular flexibility index (Phi) is 1.96. The van der Waals surface area contributed by atoms with Gasteiger partial charge in [-0.2, -0.15) is 0 Å². The van der Waals surface area contributed by atoms with Gasteiger partial charge < -0.3 is 15.6 Å². The topological polar surface area (TPSA) is 56.9 Å². The predicted octanol–water partition coefficient (Wildman–Crippen LogP) is 0.732. The number of anilines is 1. The minimum absolute atomic E-state index is 0.0326. The molecule has 2 rings (SSSR count). The standard InChI is InChI=1S/C9H13N3O/c1-10-8-5-6-7(12-8)3-2-4-11-9(6)13/h5,10,12H,2-4H2,1H3,(H,11,13). The maximum Gasteiger partial charge on any atom is 0.253 e. The van der Waals surface area contributed by atoms with Crippen molar-refractivity contribution in [1.29, 1.82) is 0 Å². The van der Waals surface area contributed by atoms with Crippen LogP contribution in [-0.2, 0) is 6.42 Å². The average Bonchev–Trinajstić information content (AvgIpc) is 2.48. The molecule has 0 aromatic carbocycles. The first-order valence-electron chi connectivity index (χ1n) is 4.49. The fourth-order valence-electron chi connectivity index (χ4n) is 1.59. The third-order valence-electron chi connectivity index (χ3n) is 2.30. The molecule has 0 bridgehead atoms. The SMILES string of the molecule is CNc1cc2c([nH]1)CCCNC2=O. The van der Waals surface area contributed by atoms with Gasteiger partial charge in [0.25, 0.3) is 5.91 Å². The van der Waals surface area contributed by atoms with Crippen LogP contribution in [0.4, 0.5) is 5.82 Å². The summed E-state index contributed by atoms with van der Waals surface area (Å²) in [5.41, 5.74) is 1.82. The Hall–Kier alpha value is -1.45. The second-order valence-electron chi connectivity index (χ2n) is 3.18. The van der Waals surface area contributed by atoms with Crippen LogP contribution in [0.1, 0.15) is 22.5 Å². The molecular weight excluding hydrogens is 166 g/mol. The lowest BCUT2D eigenvalue weighted by Gasteiger charge is -1.96. The summed E-state index contributed by atoms with van der Waals surface area (Å²) in [5, 5.41) is 5.84. The molecule has 0 unspecified atom stereocenters. The lowest BCUT2D eigenvalue weighted by molar-refractivity contribution is 0.0956. The van der Waals surface area contributed by atoms with Crippen molar-refractivity contribution in [2.45, 2.75) is 12.8 Å². The van der Waals surface area contributed by atoms with Crippen LogP contribution in [0.15, 0.2) is 6.07 Å². The molecule has 0 fully saturated rings. The minimum atomic E-state index is 0.0326. The van der Waals surface area contributed by atoms with Crippen molar-refractivity contribution in [1.82, 2.24) is 10.3 Å². The zero-order valence-electron chi connectivity index (χ0n) is 7.61. The van der Waals surface area contributed by atoms with Gasteiger partial charge in [-0.1, -0.05) is 0 Å². The van der Waals surface area contributed by atoms with Crippen LogP contribution in [-0.4, -0.2) is 24.5 Å². The van der Waals surface area contributed by atoms with Crippen LogP contribution in [0.5, 0.6) is 0 Å². The number of H-pyrrole nitrogens is 1. The van der Waals surface area contributed by atoms with E-state index in [1.54, 1.807) is 0 Å². The summed E-state index contributed by atoms with van der Waals surface area (Å²) in [6.07, 6.45) is 1.94. The number of nitrogens with one attached hydrogen (secondary N) is 3. The van der Waals surface area contributed by atoms with Crippen molar-refractivity contribution in [2.75, 3.05) is 18.9 Å². The van der Waals surface area contributed by atoms with Crippen molar-refractivity contribution >= 4 is 11.7 Å². The number of aromatic nitrogens is 1. The maximum atomic E-state index is 11.5. The van der Waals surface area contributed by atoms with Crippen LogP contribution in [0.2, 0.25) is 0 Å². The molecular formula is C9H13N3O. The van der Waals surface area contributed by atoms with Crippen molar-refractivity contribution in [3.05, 3.63) is 17.3 Å². The van der Waals surface area contributed by atoms with Gasteiger partial charge in [0, 0.05) is 19.3 Å². The highest BCUT2D eigenvalue weighted by molar-refractivity contribution is 5.96. The van der Waals surface area contributed by atoms with Gasteiger partial charge in [-0.05, 0) is 18.9 Å². The maximum absolute atomic E-state index is 11.5. The largest absolute Gasteiger partial charge is 0.375 e. The first-order chi connectivity index (χ1) is 6.31. The number of amides is 1. The molecule has 1 amide bonds. The molecule has 4 nitrogen and oxygen atoms in total. The molecule has 70 valence electrons. The summed E-state index contributed by atoms with van der Waals surface area (Å²) in [4.78, 5) is 14.7. The lowest BCUT2D eigenvalue weighted by Crippen LogP contribution is -2.22. The minimum Gasteiger partial charge on any atom is -0.375 e. The summed E-state index contributed by atoms with van der Waals surface area (Å²) in [6, 6.07) is 1.86. The van der Waals surface area contributed by atoms with Gasteiger partial charge in [-0.15, -0.1) is 0 Å². The van der Waals surface area contributed by atoms with Crippen molar-refractivity contribution < 1.29 is 4.79 Å². The molecule has 3 N–H and O–H groups in total. The highest BCUT2D eigenvalue weighted by Crippen LogP contribution is 2.17. The Morgan fingerprint density at radius 3 is 3.15 bits per heavy atom. The van der Waals surface area contributed by atoms with Gasteiger partial charge in [-0.25, -0.2) is 0 Å². The van der Waals surface area contributed by atoms with Gasteiger partial charge in [0.2, 0.25) is 0 Å². The molecule has 4 heteroatoms. The molecule has 1 aliphatic rings. The predicted molar refractivity (Wildman–Crippen MR) is 51.0 cm³/mol. The van der Waals surface area contributed by atoms with E-state index < -0.39 is 0 Å². The molecule has 1 aromatic heterocycles. The van der Waals surface area contributed by atoms with E-state index in [1.165, 1.54) is 0 Å². The molecule has 1 aliphatic heterocycles. The van der Waals surface area contributed by atoms with Crippen molar-refractivity contribution in [3.63, 3.8) is 0 Å². The van der Waals surface area contributed by atoms with Crippen molar-refractivity contribution in [2.24, 2.45) is 0 Å². The van der Waals surface area contributed by atoms with E-state index in [0.717, 1.165) is 36.5 Å². The molecule has 0 spiro atoms. The summed E-state index contributed by atoms with van der Waals surface area (Å²) < 4.78 is 0. The monoisotopic (exact) mass is 179 g/mol. The molecule has 13 heavy (non-hydrogen) atoms. The highest BCUT2D eigenvalue weighted by atomic mass is 16.1. The number of carbonyl (C=O) groups excluding carboxylic acids is 1. The number of hydrogen-bond donors (Lipinski definition) is 3. The number of fused-ring (bicyclic) bond motifs is 1. The smallest absolute Gasteiger partial charge is 0.253 e. The normalized spacial score (nSPS) is 15.9. The highest BCUT2D eigenvalue weighted by Gasteiger charge is 2.17. The Labute approximate surface area is 76.7 Å². The second-order valence-corrected chi connectivity index (χ2v) is 3.18. The van der Waals surface area contributed by atoms with Gasteiger partial charge in [0.05, 0.1) is 5.56 Å². The third-order valence-corrected chi connectivity index (χ3v) is 2.30. The van der Waals surface area contributed by atoms with Crippen LogP contribution in [0.25, 0.3) is 0 Å². The van der Waals surface area contributed by atoms with E-state index >= 15 is 0 Å². The Bertz CT molecular complexity index is 330. The van der Waals surface area contributed by atoms with Crippen LogP contribution >= 0.6 is 0 Å². The first kappa shape index (κ1) is 8.16. The number of aryl methyl sites for hydroxylation is 1. The average molecular weight is 179 g/mol. The van der Waals surface area contributed by atoms with Crippen LogP contribution < -0.4 is 10.6 Å². The molecule has 2 heterocycles. The second kappa shape index (κ2) is 3.12. The number of aromatic amines is 1. The van der Waals surface area contributed by atoms with Crippen LogP contribution in [0, 0.1) is 0 Å². The van der Waals surface area contributed by atoms with E-state index in [-0.39, 0.29) is 5.91 Å². The molecule has 0 radical (unpaired) electrons. The molecule has 0 atom stereocenters. The molecule has 1 aromatic rings.